The third-order valence-electron chi connectivity index (χ3n) is 1.90. The molecule has 5 heteroatoms. The Hall–Kier alpha value is -1.78. The molecule has 0 bridgehead atoms. The second kappa shape index (κ2) is 3.30. The molecule has 2 aromatic rings. The standard InChI is InChI=1S/C8H11N5/c1-6-7(5-11-12-6)4-9-8-2-3-10-13-8/h2-3,5H,4H2,1H3,(H,11,12)(H2,9,10,13). The molecule has 13 heavy (non-hydrogen) atoms. The summed E-state index contributed by atoms with van der Waals surface area (Å²) in [5, 5.41) is 16.7. The van der Waals surface area contributed by atoms with E-state index in [-0.39, 0.29) is 0 Å². The topological polar surface area (TPSA) is 69.4 Å². The first kappa shape index (κ1) is 7.85. The molecule has 3 N–H and O–H groups in total. The van der Waals surface area contributed by atoms with Crippen molar-refractivity contribution >= 4 is 5.82 Å². The number of anilines is 1. The van der Waals surface area contributed by atoms with Crippen molar-refractivity contribution < 1.29 is 0 Å². The maximum atomic E-state index is 3.93. The minimum absolute atomic E-state index is 0.754. The summed E-state index contributed by atoms with van der Waals surface area (Å²) in [5.74, 6) is 0.917. The molecule has 0 aliphatic carbocycles. The van der Waals surface area contributed by atoms with Gasteiger partial charge in [0, 0.05) is 17.8 Å². The van der Waals surface area contributed by atoms with E-state index in [0.29, 0.717) is 0 Å². The van der Waals surface area contributed by atoms with Gasteiger partial charge >= 0.3 is 0 Å². The van der Waals surface area contributed by atoms with Gasteiger partial charge in [0.25, 0.3) is 0 Å². The van der Waals surface area contributed by atoms with Crippen molar-refractivity contribution in [2.45, 2.75) is 13.5 Å². The second-order valence-corrected chi connectivity index (χ2v) is 2.84. The third kappa shape index (κ3) is 1.69. The van der Waals surface area contributed by atoms with Crippen LogP contribution in [-0.4, -0.2) is 20.4 Å². The van der Waals surface area contributed by atoms with E-state index < -0.39 is 0 Å². The average molecular weight is 177 g/mol. The molecule has 2 aromatic heterocycles. The van der Waals surface area contributed by atoms with Crippen molar-refractivity contribution in [3.05, 3.63) is 29.7 Å². The van der Waals surface area contributed by atoms with E-state index >= 15 is 0 Å². The number of H-pyrrole nitrogens is 2. The van der Waals surface area contributed by atoms with E-state index in [1.54, 1.807) is 6.20 Å². The largest absolute Gasteiger partial charge is 0.366 e. The Morgan fingerprint density at radius 2 is 2.31 bits per heavy atom. The Kier molecular flexibility index (Phi) is 1.99. The number of aromatic nitrogens is 4. The van der Waals surface area contributed by atoms with Crippen molar-refractivity contribution in [1.82, 2.24) is 20.4 Å². The summed E-state index contributed by atoms with van der Waals surface area (Å²) >= 11 is 0. The molecule has 2 heterocycles. The molecule has 0 aromatic carbocycles. The predicted molar refractivity (Wildman–Crippen MR) is 49.2 cm³/mol. The first-order valence-corrected chi connectivity index (χ1v) is 4.08. The van der Waals surface area contributed by atoms with Gasteiger partial charge in [-0.05, 0) is 13.0 Å². The van der Waals surface area contributed by atoms with Gasteiger partial charge in [-0.3, -0.25) is 10.2 Å². The van der Waals surface area contributed by atoms with Crippen molar-refractivity contribution in [1.29, 1.82) is 0 Å². The van der Waals surface area contributed by atoms with Crippen molar-refractivity contribution in [2.75, 3.05) is 5.32 Å². The van der Waals surface area contributed by atoms with Crippen LogP contribution in [0.4, 0.5) is 5.82 Å². The van der Waals surface area contributed by atoms with Crippen LogP contribution in [0.3, 0.4) is 0 Å². The third-order valence-corrected chi connectivity index (χ3v) is 1.90. The van der Waals surface area contributed by atoms with Crippen LogP contribution in [0.1, 0.15) is 11.3 Å². The highest BCUT2D eigenvalue weighted by molar-refractivity contribution is 5.33. The molecule has 0 aliphatic rings. The van der Waals surface area contributed by atoms with Gasteiger partial charge in [0.2, 0.25) is 0 Å². The van der Waals surface area contributed by atoms with Crippen LogP contribution in [0, 0.1) is 6.92 Å². The molecule has 0 spiro atoms. The first-order chi connectivity index (χ1) is 6.36. The van der Waals surface area contributed by atoms with Crippen LogP contribution in [-0.2, 0) is 6.54 Å². The van der Waals surface area contributed by atoms with E-state index in [1.807, 2.05) is 19.2 Å². The molecular formula is C8H11N5. The van der Waals surface area contributed by atoms with Crippen LogP contribution < -0.4 is 5.32 Å². The normalized spacial score (nSPS) is 10.2. The van der Waals surface area contributed by atoms with Crippen molar-refractivity contribution in [3.8, 4) is 0 Å². The predicted octanol–water partition coefficient (Wildman–Crippen LogP) is 1.05. The molecule has 0 saturated carbocycles. The summed E-state index contributed by atoms with van der Waals surface area (Å²) in [5.41, 5.74) is 2.25. The zero-order valence-corrected chi connectivity index (χ0v) is 7.33. The van der Waals surface area contributed by atoms with Gasteiger partial charge < -0.3 is 5.32 Å². The molecule has 0 amide bonds. The molecule has 0 aliphatic heterocycles. The van der Waals surface area contributed by atoms with Gasteiger partial charge in [-0.2, -0.15) is 10.2 Å². The Morgan fingerprint density at radius 3 is 2.92 bits per heavy atom. The quantitative estimate of drug-likeness (QED) is 0.656. The smallest absolute Gasteiger partial charge is 0.121 e. The van der Waals surface area contributed by atoms with Crippen LogP contribution >= 0.6 is 0 Å². The fraction of sp³-hybridized carbons (Fsp3) is 0.250. The summed E-state index contributed by atoms with van der Waals surface area (Å²) in [4.78, 5) is 0. The lowest BCUT2D eigenvalue weighted by molar-refractivity contribution is 1.03. The maximum absolute atomic E-state index is 3.93. The highest BCUT2D eigenvalue weighted by Gasteiger charge is 1.99. The number of aromatic amines is 2. The Bertz CT molecular complexity index is 362. The molecule has 0 fully saturated rings. The lowest BCUT2D eigenvalue weighted by Gasteiger charge is -2.00. The van der Waals surface area contributed by atoms with Gasteiger partial charge in [-0.15, -0.1) is 0 Å². The van der Waals surface area contributed by atoms with Gasteiger partial charge in [0.05, 0.1) is 12.4 Å². The van der Waals surface area contributed by atoms with E-state index in [9.17, 15) is 0 Å². The second-order valence-electron chi connectivity index (χ2n) is 2.84. The number of hydrogen-bond acceptors (Lipinski definition) is 3. The highest BCUT2D eigenvalue weighted by Crippen LogP contribution is 2.06. The number of nitrogens with zero attached hydrogens (tertiary/aromatic N) is 2. The average Bonchev–Trinajstić information content (AvgIpc) is 2.72. The Balaban J connectivity index is 1.97. The Labute approximate surface area is 75.6 Å². The van der Waals surface area contributed by atoms with Gasteiger partial charge in [0.15, 0.2) is 0 Å². The van der Waals surface area contributed by atoms with Crippen molar-refractivity contribution in [2.24, 2.45) is 0 Å². The van der Waals surface area contributed by atoms with Crippen LogP contribution in [0.25, 0.3) is 0 Å². The summed E-state index contributed by atoms with van der Waals surface area (Å²) in [6.07, 6.45) is 3.53. The SMILES string of the molecule is Cc1[nH]ncc1CNc1ccn[nH]1. The monoisotopic (exact) mass is 177 g/mol. The highest BCUT2D eigenvalue weighted by atomic mass is 15.2. The number of nitrogens with one attached hydrogen (secondary N) is 3. The molecule has 0 atom stereocenters. The Morgan fingerprint density at radius 1 is 1.38 bits per heavy atom. The van der Waals surface area contributed by atoms with E-state index in [2.05, 4.69) is 25.7 Å². The lowest BCUT2D eigenvalue weighted by Crippen LogP contribution is -1.99. The fourth-order valence-corrected chi connectivity index (χ4v) is 1.10. The maximum Gasteiger partial charge on any atom is 0.121 e. The van der Waals surface area contributed by atoms with Gasteiger partial charge in [0.1, 0.15) is 5.82 Å². The fourth-order valence-electron chi connectivity index (χ4n) is 1.10. The van der Waals surface area contributed by atoms with E-state index in [4.69, 9.17) is 0 Å². The molecule has 0 saturated heterocycles. The van der Waals surface area contributed by atoms with E-state index in [0.717, 1.165) is 23.6 Å². The van der Waals surface area contributed by atoms with Gasteiger partial charge in [-0.25, -0.2) is 0 Å². The van der Waals surface area contributed by atoms with E-state index in [1.165, 1.54) is 0 Å². The zero-order valence-electron chi connectivity index (χ0n) is 7.33. The summed E-state index contributed by atoms with van der Waals surface area (Å²) in [7, 11) is 0. The summed E-state index contributed by atoms with van der Waals surface area (Å²) in [6.45, 7) is 2.75. The van der Waals surface area contributed by atoms with Crippen molar-refractivity contribution in [3.63, 3.8) is 0 Å². The van der Waals surface area contributed by atoms with Crippen LogP contribution in [0.5, 0.6) is 0 Å². The first-order valence-electron chi connectivity index (χ1n) is 4.08. The molecule has 0 unspecified atom stereocenters. The minimum atomic E-state index is 0.754. The number of aryl methyl sites for hydroxylation is 1. The number of hydrogen-bond donors (Lipinski definition) is 3. The minimum Gasteiger partial charge on any atom is -0.366 e. The molecule has 2 rings (SSSR count). The molecular weight excluding hydrogens is 166 g/mol. The zero-order chi connectivity index (χ0) is 9.10. The molecule has 0 radical (unpaired) electrons. The summed E-state index contributed by atoms with van der Waals surface area (Å²) < 4.78 is 0. The molecule has 5 nitrogen and oxygen atoms in total. The van der Waals surface area contributed by atoms with Crippen LogP contribution in [0.15, 0.2) is 18.5 Å². The number of rotatable bonds is 3. The van der Waals surface area contributed by atoms with Crippen LogP contribution in [0.2, 0.25) is 0 Å². The lowest BCUT2D eigenvalue weighted by atomic mass is 10.3. The molecule has 68 valence electrons. The van der Waals surface area contributed by atoms with Gasteiger partial charge in [-0.1, -0.05) is 0 Å². The summed E-state index contributed by atoms with van der Waals surface area (Å²) in [6, 6.07) is 1.88.